The van der Waals surface area contributed by atoms with Gasteiger partial charge in [0.25, 0.3) is 0 Å². The molecule has 0 aromatic heterocycles. The van der Waals surface area contributed by atoms with E-state index in [0.29, 0.717) is 13.1 Å². The van der Waals surface area contributed by atoms with Gasteiger partial charge in [-0.25, -0.2) is 4.79 Å². The first-order valence-corrected chi connectivity index (χ1v) is 10.3. The molecule has 1 fully saturated rings. The lowest BCUT2D eigenvalue weighted by Gasteiger charge is -2.29. The first-order valence-electron chi connectivity index (χ1n) is 10.3. The van der Waals surface area contributed by atoms with Crippen LogP contribution < -0.4 is 15.5 Å². The molecule has 0 radical (unpaired) electrons. The van der Waals surface area contributed by atoms with Crippen molar-refractivity contribution in [3.05, 3.63) is 65.2 Å². The van der Waals surface area contributed by atoms with Gasteiger partial charge in [0.15, 0.2) is 0 Å². The van der Waals surface area contributed by atoms with E-state index in [1.165, 1.54) is 29.7 Å². The van der Waals surface area contributed by atoms with Crippen LogP contribution in [0.2, 0.25) is 0 Å². The molecule has 0 saturated carbocycles. The Kier molecular flexibility index (Phi) is 5.81. The predicted octanol–water partition coefficient (Wildman–Crippen LogP) is 3.32. The van der Waals surface area contributed by atoms with E-state index in [-0.39, 0.29) is 12.1 Å². The molecule has 2 N–H and O–H groups in total. The summed E-state index contributed by atoms with van der Waals surface area (Å²) in [5, 5.41) is 6.07. The third-order valence-corrected chi connectivity index (χ3v) is 5.95. The van der Waals surface area contributed by atoms with Crippen LogP contribution in [0.15, 0.2) is 48.5 Å². The summed E-state index contributed by atoms with van der Waals surface area (Å²) in [5.41, 5.74) is 5.20. The number of hydrogen-bond donors (Lipinski definition) is 2. The zero-order chi connectivity index (χ0) is 19.3. The van der Waals surface area contributed by atoms with Crippen molar-refractivity contribution in [1.29, 1.82) is 0 Å². The standard InChI is InChI=1S/C23H30N4O/c1-26-14-11-20-15-19(9-10-21(20)26)22(27-12-5-6-13-27)17-25-23(28)24-16-18-7-3-2-4-8-18/h2-4,7-10,15,22H,5-6,11-14,16-17H2,1H3,(H2,24,25,28)/t22-/m0/s1. The second-order valence-electron chi connectivity index (χ2n) is 7.87. The van der Waals surface area contributed by atoms with Gasteiger partial charge in [0.2, 0.25) is 0 Å². The van der Waals surface area contributed by atoms with Crippen LogP contribution >= 0.6 is 0 Å². The van der Waals surface area contributed by atoms with Gasteiger partial charge in [-0.15, -0.1) is 0 Å². The van der Waals surface area contributed by atoms with Gasteiger partial charge in [-0.1, -0.05) is 42.5 Å². The van der Waals surface area contributed by atoms with E-state index in [4.69, 9.17) is 0 Å². The zero-order valence-electron chi connectivity index (χ0n) is 16.7. The quantitative estimate of drug-likeness (QED) is 0.811. The van der Waals surface area contributed by atoms with Crippen LogP contribution in [-0.2, 0) is 13.0 Å². The fraction of sp³-hybridized carbons (Fsp3) is 0.435. The van der Waals surface area contributed by atoms with Crippen LogP contribution in [-0.4, -0.2) is 44.2 Å². The average molecular weight is 379 g/mol. The van der Waals surface area contributed by atoms with Crippen LogP contribution in [0.1, 0.15) is 35.6 Å². The summed E-state index contributed by atoms with van der Waals surface area (Å²) in [6, 6.07) is 17.0. The minimum Gasteiger partial charge on any atom is -0.374 e. The Morgan fingerprint density at radius 2 is 1.82 bits per heavy atom. The monoisotopic (exact) mass is 378 g/mol. The van der Waals surface area contributed by atoms with Crippen LogP contribution in [0.5, 0.6) is 0 Å². The van der Waals surface area contributed by atoms with Crippen molar-refractivity contribution in [1.82, 2.24) is 15.5 Å². The molecule has 4 rings (SSSR count). The molecule has 5 nitrogen and oxygen atoms in total. The molecule has 0 bridgehead atoms. The number of likely N-dealkylation sites (N-methyl/N-ethyl adjacent to an activating group) is 1. The van der Waals surface area contributed by atoms with E-state index >= 15 is 0 Å². The van der Waals surface area contributed by atoms with Crippen molar-refractivity contribution in [2.24, 2.45) is 0 Å². The molecular formula is C23H30N4O. The number of benzene rings is 2. The molecular weight excluding hydrogens is 348 g/mol. The Bertz CT molecular complexity index is 802. The molecule has 1 saturated heterocycles. The lowest BCUT2D eigenvalue weighted by atomic mass is 10.0. The number of amides is 2. The van der Waals surface area contributed by atoms with Gasteiger partial charge in [-0.3, -0.25) is 4.90 Å². The number of nitrogens with zero attached hydrogens (tertiary/aromatic N) is 2. The summed E-state index contributed by atoms with van der Waals surface area (Å²) in [7, 11) is 2.15. The Morgan fingerprint density at radius 3 is 2.61 bits per heavy atom. The number of hydrogen-bond acceptors (Lipinski definition) is 3. The van der Waals surface area contributed by atoms with Crippen LogP contribution in [0.25, 0.3) is 0 Å². The molecule has 0 unspecified atom stereocenters. The van der Waals surface area contributed by atoms with E-state index in [1.54, 1.807) is 0 Å². The molecule has 2 aromatic rings. The third-order valence-electron chi connectivity index (χ3n) is 5.95. The van der Waals surface area contributed by atoms with Gasteiger partial charge in [-0.2, -0.15) is 0 Å². The zero-order valence-corrected chi connectivity index (χ0v) is 16.7. The number of rotatable bonds is 6. The number of fused-ring (bicyclic) bond motifs is 1. The number of likely N-dealkylation sites (tertiary alicyclic amines) is 1. The molecule has 5 heteroatoms. The molecule has 2 heterocycles. The predicted molar refractivity (Wildman–Crippen MR) is 114 cm³/mol. The molecule has 2 amide bonds. The number of carbonyl (C=O) groups is 1. The summed E-state index contributed by atoms with van der Waals surface area (Å²) in [5.74, 6) is 0. The molecule has 28 heavy (non-hydrogen) atoms. The van der Waals surface area contributed by atoms with Crippen molar-refractivity contribution >= 4 is 11.7 Å². The summed E-state index contributed by atoms with van der Waals surface area (Å²) >= 11 is 0. The Hall–Kier alpha value is -2.53. The van der Waals surface area contributed by atoms with Crippen LogP contribution in [0, 0.1) is 0 Å². The number of anilines is 1. The van der Waals surface area contributed by atoms with Gasteiger partial charge >= 0.3 is 6.03 Å². The largest absolute Gasteiger partial charge is 0.374 e. The second kappa shape index (κ2) is 8.65. The minimum absolute atomic E-state index is 0.103. The molecule has 1 atom stereocenters. The Labute approximate surface area is 167 Å². The van der Waals surface area contributed by atoms with E-state index in [1.807, 2.05) is 30.3 Å². The van der Waals surface area contributed by atoms with Crippen molar-refractivity contribution in [3.8, 4) is 0 Å². The minimum atomic E-state index is -0.103. The van der Waals surface area contributed by atoms with E-state index in [2.05, 4.69) is 45.7 Å². The molecule has 0 spiro atoms. The van der Waals surface area contributed by atoms with Gasteiger partial charge in [0.05, 0.1) is 6.04 Å². The van der Waals surface area contributed by atoms with Crippen molar-refractivity contribution in [2.45, 2.75) is 31.8 Å². The van der Waals surface area contributed by atoms with Crippen LogP contribution in [0.3, 0.4) is 0 Å². The van der Waals surface area contributed by atoms with Gasteiger partial charge in [-0.05, 0) is 55.1 Å². The lowest BCUT2D eigenvalue weighted by molar-refractivity contribution is 0.220. The SMILES string of the molecule is CN1CCc2cc([C@H](CNC(=O)NCc3ccccc3)N3CCCC3)ccc21. The molecule has 0 aliphatic carbocycles. The highest BCUT2D eigenvalue weighted by Gasteiger charge is 2.26. The highest BCUT2D eigenvalue weighted by atomic mass is 16.2. The van der Waals surface area contributed by atoms with Gasteiger partial charge < -0.3 is 15.5 Å². The van der Waals surface area contributed by atoms with Gasteiger partial charge in [0, 0.05) is 32.4 Å². The summed E-state index contributed by atoms with van der Waals surface area (Å²) in [6.45, 7) is 4.48. The second-order valence-corrected chi connectivity index (χ2v) is 7.87. The highest BCUT2D eigenvalue weighted by molar-refractivity contribution is 5.73. The van der Waals surface area contributed by atoms with E-state index in [0.717, 1.165) is 31.6 Å². The summed E-state index contributed by atoms with van der Waals surface area (Å²) in [4.78, 5) is 17.2. The first kappa shape index (κ1) is 18.8. The third kappa shape index (κ3) is 4.30. The Morgan fingerprint density at radius 1 is 1.04 bits per heavy atom. The maximum Gasteiger partial charge on any atom is 0.315 e. The topological polar surface area (TPSA) is 47.6 Å². The maximum absolute atomic E-state index is 12.3. The highest BCUT2D eigenvalue weighted by Crippen LogP contribution is 2.32. The maximum atomic E-state index is 12.3. The van der Waals surface area contributed by atoms with E-state index < -0.39 is 0 Å². The average Bonchev–Trinajstić information content (AvgIpc) is 3.38. The molecule has 2 aliphatic heterocycles. The van der Waals surface area contributed by atoms with Crippen molar-refractivity contribution in [2.75, 3.05) is 38.1 Å². The molecule has 148 valence electrons. The van der Waals surface area contributed by atoms with E-state index in [9.17, 15) is 4.79 Å². The first-order chi connectivity index (χ1) is 13.7. The molecule has 2 aliphatic rings. The Balaban J connectivity index is 1.40. The number of nitrogens with one attached hydrogen (secondary N) is 2. The summed E-state index contributed by atoms with van der Waals surface area (Å²) in [6.07, 6.45) is 3.59. The molecule has 2 aromatic carbocycles. The fourth-order valence-corrected chi connectivity index (χ4v) is 4.34. The fourth-order valence-electron chi connectivity index (χ4n) is 4.34. The van der Waals surface area contributed by atoms with Crippen LogP contribution in [0.4, 0.5) is 10.5 Å². The van der Waals surface area contributed by atoms with Crippen molar-refractivity contribution < 1.29 is 4.79 Å². The van der Waals surface area contributed by atoms with Crippen molar-refractivity contribution in [3.63, 3.8) is 0 Å². The summed E-state index contributed by atoms with van der Waals surface area (Å²) < 4.78 is 0. The lowest BCUT2D eigenvalue weighted by Crippen LogP contribution is -2.41. The normalized spacial score (nSPS) is 17.4. The smallest absolute Gasteiger partial charge is 0.315 e. The van der Waals surface area contributed by atoms with Gasteiger partial charge in [0.1, 0.15) is 0 Å². The number of carbonyl (C=O) groups excluding carboxylic acids is 1. The number of urea groups is 1.